The lowest BCUT2D eigenvalue weighted by atomic mass is 10.4. The van der Waals surface area contributed by atoms with Gasteiger partial charge in [-0.25, -0.2) is 0 Å². The molecular formula is C20H42O3Si4. The van der Waals surface area contributed by atoms with Crippen LogP contribution in [-0.4, -0.2) is 40.6 Å². The van der Waals surface area contributed by atoms with Crippen LogP contribution in [0.5, 0.6) is 0 Å². The minimum Gasteiger partial charge on any atom is -0.430 e. The van der Waals surface area contributed by atoms with Crippen molar-refractivity contribution in [2.24, 2.45) is 0 Å². The average molecular weight is 443 g/mol. The van der Waals surface area contributed by atoms with Gasteiger partial charge >= 0.3 is 17.1 Å². The molecule has 0 saturated carbocycles. The molecule has 1 aromatic rings. The maximum atomic E-state index is 6.64. The van der Waals surface area contributed by atoms with Crippen molar-refractivity contribution in [2.45, 2.75) is 60.7 Å². The molecule has 0 fully saturated rings. The second-order valence-corrected chi connectivity index (χ2v) is 23.8. The quantitative estimate of drug-likeness (QED) is 0.492. The molecule has 7 heteroatoms. The first-order valence-corrected chi connectivity index (χ1v) is 19.8. The molecule has 2 unspecified atom stereocenters. The topological polar surface area (TPSA) is 27.7 Å². The van der Waals surface area contributed by atoms with E-state index < -0.39 is 33.5 Å². The summed E-state index contributed by atoms with van der Waals surface area (Å²) < 4.78 is 18.6. The third-order valence-corrected chi connectivity index (χ3v) is 17.4. The molecule has 0 bridgehead atoms. The van der Waals surface area contributed by atoms with Gasteiger partial charge < -0.3 is 12.7 Å². The maximum Gasteiger partial charge on any atom is 0.352 e. The Morgan fingerprint density at radius 2 is 1.11 bits per heavy atom. The van der Waals surface area contributed by atoms with Gasteiger partial charge in [0.05, 0.1) is 8.07 Å². The highest BCUT2D eigenvalue weighted by molar-refractivity contribution is 6.95. The molecule has 27 heavy (non-hydrogen) atoms. The largest absolute Gasteiger partial charge is 0.430 e. The molecule has 0 aromatic heterocycles. The maximum absolute atomic E-state index is 6.64. The van der Waals surface area contributed by atoms with Crippen molar-refractivity contribution in [1.82, 2.24) is 0 Å². The summed E-state index contributed by atoms with van der Waals surface area (Å²) in [5.41, 5.74) is 3.65. The Kier molecular flexibility index (Phi) is 10.9. The lowest BCUT2D eigenvalue weighted by molar-refractivity contribution is 0.289. The van der Waals surface area contributed by atoms with Crippen LogP contribution in [0.15, 0.2) is 48.8 Å². The first kappa shape index (κ1) is 28.7. The Labute approximate surface area is 173 Å². The highest BCUT2D eigenvalue weighted by Gasteiger charge is 2.43. The first-order chi connectivity index (χ1) is 11.3. The van der Waals surface area contributed by atoms with Crippen molar-refractivity contribution in [2.75, 3.05) is 7.11 Å². The Morgan fingerprint density at radius 1 is 0.704 bits per heavy atom. The lowest BCUT2D eigenvalue weighted by Gasteiger charge is -2.38. The van der Waals surface area contributed by atoms with Crippen LogP contribution in [0.1, 0.15) is 14.9 Å². The summed E-state index contributed by atoms with van der Waals surface area (Å²) in [6.07, 6.45) is 0. The van der Waals surface area contributed by atoms with E-state index in [1.165, 1.54) is 10.4 Å². The molecule has 0 amide bonds. The standard InChI is InChI=1S/C18H34O3Si4.2CH4/c1-11-24(9,19-3)21-25(10,12-2)20-23(7,8)18-15-13-17(14-16-18)22(4,5)6;;/h11-16H,1-2H2,3-10H3;2*1H4. The van der Waals surface area contributed by atoms with Crippen LogP contribution in [0, 0.1) is 0 Å². The third-order valence-electron chi connectivity index (χ3n) is 4.46. The van der Waals surface area contributed by atoms with Gasteiger partial charge in [0.2, 0.25) is 8.32 Å². The van der Waals surface area contributed by atoms with Crippen molar-refractivity contribution in [3.63, 3.8) is 0 Å². The van der Waals surface area contributed by atoms with Gasteiger partial charge in [0, 0.05) is 7.11 Å². The number of benzene rings is 1. The summed E-state index contributed by atoms with van der Waals surface area (Å²) in [5, 5.41) is 2.74. The van der Waals surface area contributed by atoms with E-state index in [4.69, 9.17) is 12.7 Å². The molecule has 0 N–H and O–H groups in total. The zero-order chi connectivity index (χ0) is 19.5. The third kappa shape index (κ3) is 7.76. The van der Waals surface area contributed by atoms with E-state index in [0.717, 1.165) is 0 Å². The molecular weight excluding hydrogens is 401 g/mol. The molecule has 0 spiro atoms. The van der Waals surface area contributed by atoms with E-state index in [-0.39, 0.29) is 14.9 Å². The molecule has 0 aliphatic carbocycles. The number of hydrogen-bond acceptors (Lipinski definition) is 3. The second kappa shape index (κ2) is 10.3. The average Bonchev–Trinajstić information content (AvgIpc) is 2.53. The molecule has 3 nitrogen and oxygen atoms in total. The predicted octanol–water partition coefficient (Wildman–Crippen LogP) is 5.19. The van der Waals surface area contributed by atoms with Crippen LogP contribution in [0.3, 0.4) is 0 Å². The van der Waals surface area contributed by atoms with Gasteiger partial charge in [-0.1, -0.05) is 75.3 Å². The summed E-state index contributed by atoms with van der Waals surface area (Å²) >= 11 is 0. The normalized spacial score (nSPS) is 16.1. The molecule has 2 atom stereocenters. The van der Waals surface area contributed by atoms with Crippen molar-refractivity contribution in [3.05, 3.63) is 48.8 Å². The Morgan fingerprint density at radius 3 is 1.44 bits per heavy atom. The molecule has 0 aliphatic heterocycles. The number of hydrogen-bond donors (Lipinski definition) is 0. The van der Waals surface area contributed by atoms with E-state index in [1.807, 2.05) is 18.8 Å². The highest BCUT2D eigenvalue weighted by atomic mass is 28.5. The van der Waals surface area contributed by atoms with E-state index in [2.05, 4.69) is 70.2 Å². The zero-order valence-electron chi connectivity index (χ0n) is 17.1. The minimum absolute atomic E-state index is 0. The molecule has 0 radical (unpaired) electrons. The fourth-order valence-electron chi connectivity index (χ4n) is 2.61. The highest BCUT2D eigenvalue weighted by Crippen LogP contribution is 2.22. The van der Waals surface area contributed by atoms with Crippen LogP contribution in [0.25, 0.3) is 0 Å². The summed E-state index contributed by atoms with van der Waals surface area (Å²) in [6, 6.07) is 9.01. The van der Waals surface area contributed by atoms with Gasteiger partial charge in [-0.2, -0.15) is 0 Å². The second-order valence-electron chi connectivity index (χ2n) is 8.19. The first-order valence-electron chi connectivity index (χ1n) is 8.64. The van der Waals surface area contributed by atoms with Crippen molar-refractivity contribution >= 4 is 43.9 Å². The summed E-state index contributed by atoms with van der Waals surface area (Å²) in [4.78, 5) is 0. The zero-order valence-corrected chi connectivity index (χ0v) is 21.1. The lowest BCUT2D eigenvalue weighted by Crippen LogP contribution is -2.58. The minimum atomic E-state index is -2.57. The van der Waals surface area contributed by atoms with Crippen LogP contribution >= 0.6 is 0 Å². The smallest absolute Gasteiger partial charge is 0.352 e. The van der Waals surface area contributed by atoms with Gasteiger partial charge in [0.25, 0.3) is 0 Å². The Bertz CT molecular complexity index is 611. The summed E-state index contributed by atoms with van der Waals surface area (Å²) in [7, 11) is -6.75. The fraction of sp³-hybridized carbons (Fsp3) is 0.500. The van der Waals surface area contributed by atoms with Crippen molar-refractivity contribution in [1.29, 1.82) is 0 Å². The Hall–Kier alpha value is -0.552. The van der Waals surface area contributed by atoms with E-state index in [9.17, 15) is 0 Å². The monoisotopic (exact) mass is 442 g/mol. The SMILES string of the molecule is C.C.C=C[Si](C)(OC)O[Si](C)(C=C)O[Si](C)(C)c1ccc([Si](C)(C)C)cc1. The van der Waals surface area contributed by atoms with Crippen LogP contribution in [0.4, 0.5) is 0 Å². The molecule has 156 valence electrons. The number of rotatable bonds is 9. The molecule has 0 aliphatic rings. The van der Waals surface area contributed by atoms with E-state index in [1.54, 1.807) is 12.8 Å². The van der Waals surface area contributed by atoms with Gasteiger partial charge in [0.1, 0.15) is 0 Å². The van der Waals surface area contributed by atoms with Crippen LogP contribution < -0.4 is 10.4 Å². The van der Waals surface area contributed by atoms with Gasteiger partial charge in [0.15, 0.2) is 0 Å². The Balaban J connectivity index is 0. The van der Waals surface area contributed by atoms with Gasteiger partial charge in [-0.3, -0.25) is 0 Å². The van der Waals surface area contributed by atoms with Gasteiger partial charge in [-0.05, 0) is 31.4 Å². The van der Waals surface area contributed by atoms with Crippen molar-refractivity contribution < 1.29 is 12.7 Å². The molecule has 1 aromatic carbocycles. The van der Waals surface area contributed by atoms with E-state index in [0.29, 0.717) is 0 Å². The summed E-state index contributed by atoms with van der Waals surface area (Å²) in [6.45, 7) is 23.4. The predicted molar refractivity (Wildman–Crippen MR) is 133 cm³/mol. The van der Waals surface area contributed by atoms with Crippen molar-refractivity contribution in [3.8, 4) is 0 Å². The van der Waals surface area contributed by atoms with Crippen LogP contribution in [-0.2, 0) is 12.7 Å². The molecule has 1 rings (SSSR count). The molecule has 0 heterocycles. The fourth-order valence-corrected chi connectivity index (χ4v) is 14.5. The van der Waals surface area contributed by atoms with Gasteiger partial charge in [-0.15, -0.1) is 13.2 Å². The van der Waals surface area contributed by atoms with E-state index >= 15 is 0 Å². The summed E-state index contributed by atoms with van der Waals surface area (Å²) in [5.74, 6) is 0. The van der Waals surface area contributed by atoms with Crippen LogP contribution in [0.2, 0.25) is 45.8 Å². The molecule has 0 saturated heterocycles.